The highest BCUT2D eigenvalue weighted by molar-refractivity contribution is 7.89. The molecule has 24 heavy (non-hydrogen) atoms. The van der Waals surface area contributed by atoms with Gasteiger partial charge in [0.25, 0.3) is 5.91 Å². The summed E-state index contributed by atoms with van der Waals surface area (Å²) in [6, 6.07) is 7.34. The predicted molar refractivity (Wildman–Crippen MR) is 84.9 cm³/mol. The van der Waals surface area contributed by atoms with Crippen LogP contribution in [0, 0.1) is 11.6 Å². The van der Waals surface area contributed by atoms with Gasteiger partial charge in [-0.25, -0.2) is 21.9 Å². The molecule has 0 aliphatic rings. The number of amides is 1. The average Bonchev–Trinajstić information content (AvgIpc) is 2.53. The lowest BCUT2D eigenvalue weighted by Gasteiger charge is -2.15. The van der Waals surface area contributed by atoms with Gasteiger partial charge in [-0.1, -0.05) is 6.07 Å². The Morgan fingerprint density at radius 3 is 2.25 bits per heavy atom. The minimum Gasteiger partial charge on any atom is -0.355 e. The van der Waals surface area contributed by atoms with E-state index < -0.39 is 27.7 Å². The third-order valence-electron chi connectivity index (χ3n) is 3.41. The third kappa shape index (κ3) is 3.95. The SMILES string of the molecule is CNC(=O)c1ccc(S(=O)(=O)NC(C)c2ccc(F)cc2F)cc1. The van der Waals surface area contributed by atoms with Crippen molar-refractivity contribution in [2.45, 2.75) is 17.9 Å². The molecule has 0 aliphatic heterocycles. The highest BCUT2D eigenvalue weighted by atomic mass is 32.2. The molecule has 0 saturated carbocycles. The lowest BCUT2D eigenvalue weighted by molar-refractivity contribution is 0.0963. The van der Waals surface area contributed by atoms with E-state index in [0.717, 1.165) is 6.07 Å². The van der Waals surface area contributed by atoms with Gasteiger partial charge in [0.05, 0.1) is 4.90 Å². The molecule has 2 aromatic rings. The molecule has 1 unspecified atom stereocenters. The second-order valence-corrected chi connectivity index (χ2v) is 6.83. The number of carbonyl (C=O) groups excluding carboxylic acids is 1. The molecule has 1 atom stereocenters. The first-order chi connectivity index (χ1) is 11.2. The van der Waals surface area contributed by atoms with Crippen molar-refractivity contribution in [1.29, 1.82) is 0 Å². The van der Waals surface area contributed by atoms with Crippen LogP contribution in [-0.2, 0) is 10.0 Å². The Kier molecular flexibility index (Phi) is 5.30. The van der Waals surface area contributed by atoms with Gasteiger partial charge in [-0.2, -0.15) is 0 Å². The van der Waals surface area contributed by atoms with Crippen LogP contribution in [0.2, 0.25) is 0 Å². The third-order valence-corrected chi connectivity index (χ3v) is 4.97. The Morgan fingerprint density at radius 1 is 1.08 bits per heavy atom. The molecule has 0 saturated heterocycles. The Morgan fingerprint density at radius 2 is 1.71 bits per heavy atom. The van der Waals surface area contributed by atoms with Crippen molar-refractivity contribution in [3.8, 4) is 0 Å². The molecule has 0 aromatic heterocycles. The van der Waals surface area contributed by atoms with Gasteiger partial charge in [0.2, 0.25) is 10.0 Å². The van der Waals surface area contributed by atoms with E-state index in [0.29, 0.717) is 11.6 Å². The molecular formula is C16H16F2N2O3S. The van der Waals surface area contributed by atoms with Crippen molar-refractivity contribution in [1.82, 2.24) is 10.0 Å². The first-order valence-corrected chi connectivity index (χ1v) is 8.52. The van der Waals surface area contributed by atoms with E-state index in [1.807, 2.05) is 0 Å². The van der Waals surface area contributed by atoms with Crippen molar-refractivity contribution in [2.75, 3.05) is 7.05 Å². The number of halogens is 2. The van der Waals surface area contributed by atoms with Crippen molar-refractivity contribution in [3.63, 3.8) is 0 Å². The summed E-state index contributed by atoms with van der Waals surface area (Å²) >= 11 is 0. The van der Waals surface area contributed by atoms with Gasteiger partial charge in [-0.3, -0.25) is 4.79 Å². The van der Waals surface area contributed by atoms with Crippen molar-refractivity contribution in [3.05, 3.63) is 65.2 Å². The van der Waals surface area contributed by atoms with Crippen molar-refractivity contribution >= 4 is 15.9 Å². The molecule has 128 valence electrons. The molecule has 2 N–H and O–H groups in total. The van der Waals surface area contributed by atoms with Crippen LogP contribution >= 0.6 is 0 Å². The zero-order valence-electron chi connectivity index (χ0n) is 13.0. The summed E-state index contributed by atoms with van der Waals surface area (Å²) < 4.78 is 53.7. The Balaban J connectivity index is 2.22. The van der Waals surface area contributed by atoms with Gasteiger partial charge >= 0.3 is 0 Å². The van der Waals surface area contributed by atoms with Crippen molar-refractivity contribution < 1.29 is 22.0 Å². The summed E-state index contributed by atoms with van der Waals surface area (Å²) in [5, 5.41) is 2.43. The van der Waals surface area contributed by atoms with Crippen LogP contribution in [0.25, 0.3) is 0 Å². The predicted octanol–water partition coefficient (Wildman–Crippen LogP) is 2.36. The fraction of sp³-hybridized carbons (Fsp3) is 0.188. The molecule has 2 rings (SSSR count). The second-order valence-electron chi connectivity index (χ2n) is 5.11. The number of nitrogens with one attached hydrogen (secondary N) is 2. The summed E-state index contributed by atoms with van der Waals surface area (Å²) in [4.78, 5) is 11.4. The Bertz CT molecular complexity index is 852. The van der Waals surface area contributed by atoms with Crippen LogP contribution in [0.4, 0.5) is 8.78 Å². The van der Waals surface area contributed by atoms with Crippen LogP contribution < -0.4 is 10.0 Å². The number of hydrogen-bond acceptors (Lipinski definition) is 3. The monoisotopic (exact) mass is 354 g/mol. The highest BCUT2D eigenvalue weighted by Gasteiger charge is 2.21. The quantitative estimate of drug-likeness (QED) is 0.866. The standard InChI is InChI=1S/C16H16F2N2O3S/c1-10(14-8-5-12(17)9-15(14)18)20-24(22,23)13-6-3-11(4-7-13)16(21)19-2/h3-10,20H,1-2H3,(H,19,21). The van der Waals surface area contributed by atoms with Gasteiger partial charge in [0.1, 0.15) is 11.6 Å². The molecule has 0 fully saturated rings. The normalized spacial score (nSPS) is 12.7. The molecule has 0 spiro atoms. The van der Waals surface area contributed by atoms with E-state index in [1.54, 1.807) is 0 Å². The molecule has 1 amide bonds. The van der Waals surface area contributed by atoms with E-state index in [4.69, 9.17) is 0 Å². The fourth-order valence-corrected chi connectivity index (χ4v) is 3.37. The topological polar surface area (TPSA) is 75.3 Å². The number of hydrogen-bond donors (Lipinski definition) is 2. The number of sulfonamides is 1. The largest absolute Gasteiger partial charge is 0.355 e. The zero-order valence-corrected chi connectivity index (χ0v) is 13.8. The van der Waals surface area contributed by atoms with E-state index in [-0.39, 0.29) is 16.4 Å². The molecule has 2 aromatic carbocycles. The van der Waals surface area contributed by atoms with Crippen LogP contribution in [0.3, 0.4) is 0 Å². The maximum Gasteiger partial charge on any atom is 0.251 e. The minimum atomic E-state index is -3.93. The maximum atomic E-state index is 13.7. The van der Waals surface area contributed by atoms with Gasteiger partial charge < -0.3 is 5.32 Å². The van der Waals surface area contributed by atoms with Crippen LogP contribution in [0.5, 0.6) is 0 Å². The molecule has 0 aliphatic carbocycles. The molecule has 5 nitrogen and oxygen atoms in total. The minimum absolute atomic E-state index is 0.0296. The first kappa shape index (κ1) is 18.0. The van der Waals surface area contributed by atoms with Gasteiger partial charge in [0, 0.05) is 30.3 Å². The Labute approximate surface area is 138 Å². The molecule has 8 heteroatoms. The van der Waals surface area contributed by atoms with Crippen LogP contribution in [-0.4, -0.2) is 21.4 Å². The zero-order chi connectivity index (χ0) is 17.9. The number of carbonyl (C=O) groups is 1. The average molecular weight is 354 g/mol. The van der Waals surface area contributed by atoms with Gasteiger partial charge in [0.15, 0.2) is 0 Å². The summed E-state index contributed by atoms with van der Waals surface area (Å²) in [6.45, 7) is 1.45. The highest BCUT2D eigenvalue weighted by Crippen LogP contribution is 2.20. The van der Waals surface area contributed by atoms with E-state index in [1.165, 1.54) is 44.3 Å². The molecular weight excluding hydrogens is 338 g/mol. The van der Waals surface area contributed by atoms with Gasteiger partial charge in [-0.15, -0.1) is 0 Å². The lowest BCUT2D eigenvalue weighted by atomic mass is 10.1. The van der Waals surface area contributed by atoms with Crippen LogP contribution in [0.1, 0.15) is 28.9 Å². The summed E-state index contributed by atoms with van der Waals surface area (Å²) in [6.07, 6.45) is 0. The van der Waals surface area contributed by atoms with Crippen LogP contribution in [0.15, 0.2) is 47.4 Å². The molecule has 0 radical (unpaired) electrons. The van der Waals surface area contributed by atoms with E-state index in [2.05, 4.69) is 10.0 Å². The molecule has 0 bridgehead atoms. The Hall–Kier alpha value is -2.32. The lowest BCUT2D eigenvalue weighted by Crippen LogP contribution is -2.27. The van der Waals surface area contributed by atoms with Gasteiger partial charge in [-0.05, 0) is 37.3 Å². The van der Waals surface area contributed by atoms with E-state index in [9.17, 15) is 22.0 Å². The van der Waals surface area contributed by atoms with E-state index >= 15 is 0 Å². The fourth-order valence-electron chi connectivity index (χ4n) is 2.15. The smallest absolute Gasteiger partial charge is 0.251 e. The first-order valence-electron chi connectivity index (χ1n) is 7.04. The maximum absolute atomic E-state index is 13.7. The molecule has 0 heterocycles. The second kappa shape index (κ2) is 7.06. The summed E-state index contributed by atoms with van der Waals surface area (Å²) in [5.74, 6) is -1.91. The summed E-state index contributed by atoms with van der Waals surface area (Å²) in [5.41, 5.74) is 0.344. The number of benzene rings is 2. The summed E-state index contributed by atoms with van der Waals surface area (Å²) in [7, 11) is -2.46. The number of rotatable bonds is 5. The van der Waals surface area contributed by atoms with Crippen molar-refractivity contribution in [2.24, 2.45) is 0 Å².